The first-order chi connectivity index (χ1) is 8.83. The van der Waals surface area contributed by atoms with E-state index in [0.29, 0.717) is 6.54 Å². The van der Waals surface area contributed by atoms with Crippen LogP contribution < -0.4 is 10.6 Å². The molecule has 1 unspecified atom stereocenters. The van der Waals surface area contributed by atoms with E-state index >= 15 is 0 Å². The molecule has 1 atom stereocenters. The largest absolute Gasteiger partial charge is 0.350 e. The minimum absolute atomic E-state index is 0.0223. The Kier molecular flexibility index (Phi) is 5.54. The van der Waals surface area contributed by atoms with E-state index in [-0.39, 0.29) is 17.5 Å². The number of nitrogens with one attached hydrogen (secondary N) is 2. The van der Waals surface area contributed by atoms with Crippen LogP contribution in [-0.4, -0.2) is 27.0 Å². The Balaban J connectivity index is 2.47. The van der Waals surface area contributed by atoms with Gasteiger partial charge in [-0.1, -0.05) is 6.92 Å². The monoisotopic (exact) mass is 266 g/mol. The zero-order valence-corrected chi connectivity index (χ0v) is 12.7. The molecule has 108 valence electrons. The van der Waals surface area contributed by atoms with Crippen molar-refractivity contribution in [3.63, 3.8) is 0 Å². The topological polar surface area (TPSA) is 59.0 Å². The molecule has 0 saturated heterocycles. The number of aryl methyl sites for hydroxylation is 1. The second-order valence-electron chi connectivity index (χ2n) is 5.92. The highest BCUT2D eigenvalue weighted by molar-refractivity contribution is 5.81. The summed E-state index contributed by atoms with van der Waals surface area (Å²) in [6, 6.07) is -0.218. The number of rotatable bonds is 6. The molecule has 5 heteroatoms. The van der Waals surface area contributed by atoms with Gasteiger partial charge in [0.05, 0.1) is 18.1 Å². The van der Waals surface area contributed by atoms with Crippen molar-refractivity contribution in [2.45, 2.75) is 65.7 Å². The number of carbonyl (C=O) groups is 1. The van der Waals surface area contributed by atoms with Crippen molar-refractivity contribution in [3.8, 4) is 0 Å². The Morgan fingerprint density at radius 3 is 2.74 bits per heavy atom. The normalized spacial score (nSPS) is 13.3. The van der Waals surface area contributed by atoms with Crippen molar-refractivity contribution < 1.29 is 4.79 Å². The van der Waals surface area contributed by atoms with Crippen LogP contribution in [0.4, 0.5) is 0 Å². The standard InChI is InChI=1S/C14H26N4O/c1-6-7-18-10-15-8-12(18)9-16-11(2)13(19)17-14(3,4)5/h8,10-11,16H,6-7,9H2,1-5H3,(H,17,19). The summed E-state index contributed by atoms with van der Waals surface area (Å²) in [5.74, 6) is 0.0223. The predicted molar refractivity (Wildman–Crippen MR) is 76.7 cm³/mol. The Hall–Kier alpha value is -1.36. The smallest absolute Gasteiger partial charge is 0.237 e. The number of hydrogen-bond acceptors (Lipinski definition) is 3. The number of carbonyl (C=O) groups excluding carboxylic acids is 1. The van der Waals surface area contributed by atoms with Gasteiger partial charge < -0.3 is 15.2 Å². The fourth-order valence-corrected chi connectivity index (χ4v) is 1.77. The molecular formula is C14H26N4O. The third-order valence-corrected chi connectivity index (χ3v) is 2.74. The van der Waals surface area contributed by atoms with E-state index in [4.69, 9.17) is 0 Å². The molecule has 0 saturated carbocycles. The highest BCUT2D eigenvalue weighted by atomic mass is 16.2. The van der Waals surface area contributed by atoms with Crippen LogP contribution in [0.3, 0.4) is 0 Å². The number of hydrogen-bond donors (Lipinski definition) is 2. The lowest BCUT2D eigenvalue weighted by Gasteiger charge is -2.23. The third-order valence-electron chi connectivity index (χ3n) is 2.74. The molecular weight excluding hydrogens is 240 g/mol. The first-order valence-corrected chi connectivity index (χ1v) is 6.88. The molecule has 0 radical (unpaired) electrons. The van der Waals surface area contributed by atoms with E-state index in [0.717, 1.165) is 18.7 Å². The van der Waals surface area contributed by atoms with Crippen molar-refractivity contribution in [3.05, 3.63) is 18.2 Å². The van der Waals surface area contributed by atoms with E-state index in [9.17, 15) is 4.79 Å². The first kappa shape index (κ1) is 15.7. The molecule has 5 nitrogen and oxygen atoms in total. The van der Waals surface area contributed by atoms with Gasteiger partial charge in [-0.05, 0) is 34.1 Å². The van der Waals surface area contributed by atoms with Crippen molar-refractivity contribution >= 4 is 5.91 Å². The molecule has 1 amide bonds. The maximum absolute atomic E-state index is 11.9. The van der Waals surface area contributed by atoms with Crippen molar-refractivity contribution in [2.24, 2.45) is 0 Å². The summed E-state index contributed by atoms with van der Waals surface area (Å²) in [5, 5.41) is 6.20. The fourth-order valence-electron chi connectivity index (χ4n) is 1.77. The molecule has 0 aliphatic rings. The van der Waals surface area contributed by atoms with Gasteiger partial charge in [0.1, 0.15) is 0 Å². The molecule has 1 heterocycles. The van der Waals surface area contributed by atoms with Crippen LogP contribution in [0.2, 0.25) is 0 Å². The van der Waals surface area contributed by atoms with E-state index < -0.39 is 0 Å². The van der Waals surface area contributed by atoms with Gasteiger partial charge in [0.2, 0.25) is 5.91 Å². The highest BCUT2D eigenvalue weighted by Gasteiger charge is 2.18. The zero-order chi connectivity index (χ0) is 14.5. The van der Waals surface area contributed by atoms with Gasteiger partial charge in [0, 0.05) is 24.8 Å². The fraction of sp³-hybridized carbons (Fsp3) is 0.714. The van der Waals surface area contributed by atoms with Crippen LogP contribution in [0.25, 0.3) is 0 Å². The molecule has 0 aromatic carbocycles. The first-order valence-electron chi connectivity index (χ1n) is 6.88. The summed E-state index contributed by atoms with van der Waals surface area (Å²) in [6.45, 7) is 11.6. The SMILES string of the molecule is CCCn1cncc1CNC(C)C(=O)NC(C)(C)C. The quantitative estimate of drug-likeness (QED) is 0.823. The second kappa shape index (κ2) is 6.70. The average Bonchev–Trinajstić information content (AvgIpc) is 2.71. The summed E-state index contributed by atoms with van der Waals surface area (Å²) in [5.41, 5.74) is 0.911. The molecule has 0 aliphatic carbocycles. The van der Waals surface area contributed by atoms with Gasteiger partial charge in [0.25, 0.3) is 0 Å². The summed E-state index contributed by atoms with van der Waals surface area (Å²) in [4.78, 5) is 16.1. The van der Waals surface area contributed by atoms with Gasteiger partial charge in [-0.3, -0.25) is 4.79 Å². The summed E-state index contributed by atoms with van der Waals surface area (Å²) >= 11 is 0. The Labute approximate surface area is 115 Å². The van der Waals surface area contributed by atoms with E-state index in [1.807, 2.05) is 40.2 Å². The van der Waals surface area contributed by atoms with Gasteiger partial charge >= 0.3 is 0 Å². The van der Waals surface area contributed by atoms with Gasteiger partial charge in [0.15, 0.2) is 0 Å². The third kappa shape index (κ3) is 5.42. The Morgan fingerprint density at radius 1 is 1.47 bits per heavy atom. The summed E-state index contributed by atoms with van der Waals surface area (Å²) in [6.07, 6.45) is 4.75. The maximum atomic E-state index is 11.9. The second-order valence-corrected chi connectivity index (χ2v) is 5.92. The van der Waals surface area contributed by atoms with Crippen molar-refractivity contribution in [1.82, 2.24) is 20.2 Å². The lowest BCUT2D eigenvalue weighted by molar-refractivity contribution is -0.124. The summed E-state index contributed by atoms with van der Waals surface area (Å²) < 4.78 is 2.11. The van der Waals surface area contributed by atoms with Crippen LogP contribution >= 0.6 is 0 Å². The molecule has 1 aromatic heterocycles. The van der Waals surface area contributed by atoms with Crippen LogP contribution in [-0.2, 0) is 17.9 Å². The van der Waals surface area contributed by atoms with E-state index in [2.05, 4.69) is 27.1 Å². The number of amides is 1. The van der Waals surface area contributed by atoms with Gasteiger partial charge in [-0.15, -0.1) is 0 Å². The molecule has 0 aliphatic heterocycles. The molecule has 2 N–H and O–H groups in total. The zero-order valence-electron chi connectivity index (χ0n) is 12.7. The molecule has 19 heavy (non-hydrogen) atoms. The van der Waals surface area contributed by atoms with E-state index in [1.54, 1.807) is 0 Å². The van der Waals surface area contributed by atoms with Crippen molar-refractivity contribution in [1.29, 1.82) is 0 Å². The minimum Gasteiger partial charge on any atom is -0.350 e. The number of nitrogens with zero attached hydrogens (tertiary/aromatic N) is 2. The molecule has 0 spiro atoms. The molecule has 1 aromatic rings. The maximum Gasteiger partial charge on any atom is 0.237 e. The number of imidazole rings is 1. The van der Waals surface area contributed by atoms with Crippen LogP contribution in [0.15, 0.2) is 12.5 Å². The molecule has 0 fully saturated rings. The Morgan fingerprint density at radius 2 is 2.16 bits per heavy atom. The molecule has 0 bridgehead atoms. The van der Waals surface area contributed by atoms with Gasteiger partial charge in [-0.2, -0.15) is 0 Å². The highest BCUT2D eigenvalue weighted by Crippen LogP contribution is 2.02. The summed E-state index contributed by atoms with van der Waals surface area (Å²) in [7, 11) is 0. The van der Waals surface area contributed by atoms with Crippen LogP contribution in [0.5, 0.6) is 0 Å². The average molecular weight is 266 g/mol. The Bertz CT molecular complexity index is 406. The lowest BCUT2D eigenvalue weighted by Crippen LogP contribution is -2.49. The van der Waals surface area contributed by atoms with Crippen LogP contribution in [0, 0.1) is 0 Å². The van der Waals surface area contributed by atoms with Crippen LogP contribution in [0.1, 0.15) is 46.7 Å². The number of aromatic nitrogens is 2. The van der Waals surface area contributed by atoms with Crippen molar-refractivity contribution in [2.75, 3.05) is 0 Å². The van der Waals surface area contributed by atoms with Gasteiger partial charge in [-0.25, -0.2) is 4.98 Å². The van der Waals surface area contributed by atoms with E-state index in [1.165, 1.54) is 0 Å². The lowest BCUT2D eigenvalue weighted by atomic mass is 10.1. The predicted octanol–water partition coefficient (Wildman–Crippen LogP) is 1.69. The minimum atomic E-state index is -0.218. The molecule has 1 rings (SSSR count).